The number of para-hydroxylation sites is 1. The summed E-state index contributed by atoms with van der Waals surface area (Å²) in [7, 11) is 1.33. The van der Waals surface area contributed by atoms with Crippen molar-refractivity contribution in [2.24, 2.45) is 5.73 Å². The van der Waals surface area contributed by atoms with Crippen LogP contribution in [0, 0.1) is 13.8 Å². The maximum atomic E-state index is 13.2. The van der Waals surface area contributed by atoms with Crippen molar-refractivity contribution in [1.82, 2.24) is 14.6 Å². The van der Waals surface area contributed by atoms with Crippen LogP contribution < -0.4 is 10.6 Å². The molecule has 0 spiro atoms. The zero-order valence-electron chi connectivity index (χ0n) is 17.6. The molecule has 1 aromatic carbocycles. The van der Waals surface area contributed by atoms with E-state index < -0.39 is 17.9 Å². The maximum Gasteiger partial charge on any atom is 0.329 e. The minimum absolute atomic E-state index is 0.169. The summed E-state index contributed by atoms with van der Waals surface area (Å²) < 4.78 is 6.49. The molecule has 1 aliphatic heterocycles. The number of anilines is 1. The Morgan fingerprint density at radius 1 is 1.23 bits per heavy atom. The fourth-order valence-electron chi connectivity index (χ4n) is 4.22. The van der Waals surface area contributed by atoms with Crippen molar-refractivity contribution in [2.75, 3.05) is 12.0 Å². The molecule has 0 saturated carbocycles. The van der Waals surface area contributed by atoms with E-state index >= 15 is 0 Å². The third kappa shape index (κ3) is 3.41. The summed E-state index contributed by atoms with van der Waals surface area (Å²) in [5.41, 5.74) is 10.1. The van der Waals surface area contributed by atoms with E-state index in [1.54, 1.807) is 4.52 Å². The van der Waals surface area contributed by atoms with E-state index in [2.05, 4.69) is 10.1 Å². The molecule has 31 heavy (non-hydrogen) atoms. The third-order valence-electron chi connectivity index (χ3n) is 5.78. The van der Waals surface area contributed by atoms with Crippen molar-refractivity contribution < 1.29 is 19.1 Å². The number of aromatic nitrogens is 3. The Morgan fingerprint density at radius 3 is 2.68 bits per heavy atom. The molecule has 3 aromatic rings. The number of ether oxygens (including phenoxy) is 1. The number of methoxy groups -OCH3 is 1. The summed E-state index contributed by atoms with van der Waals surface area (Å²) in [6.07, 6.45) is 2.43. The van der Waals surface area contributed by atoms with E-state index in [0.717, 1.165) is 22.5 Å². The smallest absolute Gasteiger partial charge is 0.329 e. The van der Waals surface area contributed by atoms with Crippen molar-refractivity contribution in [3.05, 3.63) is 58.5 Å². The fraction of sp³-hybridized carbons (Fsp3) is 0.318. The molecule has 9 nitrogen and oxygen atoms in total. The average molecular weight is 421 g/mol. The quantitative estimate of drug-likeness (QED) is 0.624. The SMILES string of the molecule is COC(=O)C1Cc2ccccc2N1C(=O)CCc1c(C)nc2c(C(N)=O)cnn2c1C. The molecule has 160 valence electrons. The molecule has 2 aromatic heterocycles. The van der Waals surface area contributed by atoms with Crippen LogP contribution in [0.2, 0.25) is 0 Å². The molecule has 0 radical (unpaired) electrons. The van der Waals surface area contributed by atoms with E-state index in [1.807, 2.05) is 38.1 Å². The van der Waals surface area contributed by atoms with E-state index in [4.69, 9.17) is 10.5 Å². The minimum atomic E-state index is -0.665. The number of hydrogen-bond donors (Lipinski definition) is 1. The average Bonchev–Trinajstić information content (AvgIpc) is 3.34. The lowest BCUT2D eigenvalue weighted by Crippen LogP contribution is -2.43. The molecular weight excluding hydrogens is 398 g/mol. The van der Waals surface area contributed by atoms with Gasteiger partial charge in [0.15, 0.2) is 5.65 Å². The number of rotatable bonds is 5. The highest BCUT2D eigenvalue weighted by molar-refractivity contribution is 6.02. The molecular formula is C22H23N5O4. The molecule has 1 aliphatic rings. The highest BCUT2D eigenvalue weighted by Crippen LogP contribution is 2.33. The van der Waals surface area contributed by atoms with Crippen LogP contribution in [0.5, 0.6) is 0 Å². The second-order valence-electron chi connectivity index (χ2n) is 7.55. The summed E-state index contributed by atoms with van der Waals surface area (Å²) in [6, 6.07) is 6.83. The molecule has 0 saturated heterocycles. The van der Waals surface area contributed by atoms with Crippen LogP contribution in [0.1, 0.15) is 39.3 Å². The van der Waals surface area contributed by atoms with Gasteiger partial charge in [0.25, 0.3) is 5.91 Å². The van der Waals surface area contributed by atoms with Gasteiger partial charge in [-0.15, -0.1) is 0 Å². The van der Waals surface area contributed by atoms with E-state index in [0.29, 0.717) is 24.2 Å². The second kappa shape index (κ2) is 7.82. The Kier molecular flexibility index (Phi) is 5.18. The molecule has 2 N–H and O–H groups in total. The van der Waals surface area contributed by atoms with E-state index in [9.17, 15) is 14.4 Å². The highest BCUT2D eigenvalue weighted by Gasteiger charge is 2.38. The number of carbonyl (C=O) groups excluding carboxylic acids is 3. The third-order valence-corrected chi connectivity index (χ3v) is 5.78. The summed E-state index contributed by atoms with van der Waals surface area (Å²) in [4.78, 5) is 43.1. The Labute approximate surface area is 178 Å². The first kappa shape index (κ1) is 20.5. The van der Waals surface area contributed by atoms with Gasteiger partial charge in [0.2, 0.25) is 5.91 Å². The summed E-state index contributed by atoms with van der Waals surface area (Å²) >= 11 is 0. The Bertz CT molecular complexity index is 1220. The van der Waals surface area contributed by atoms with Crippen LogP contribution >= 0.6 is 0 Å². The Balaban J connectivity index is 1.62. The van der Waals surface area contributed by atoms with Crippen molar-refractivity contribution in [1.29, 1.82) is 0 Å². The van der Waals surface area contributed by atoms with Gasteiger partial charge in [-0.2, -0.15) is 5.10 Å². The standard InChI is InChI=1S/C22H23N5O4/c1-12-15(13(2)27-21(25-12)16(11-24-27)20(23)29)8-9-19(28)26-17-7-5-4-6-14(17)10-18(26)22(30)31-3/h4-7,11,18H,8-10H2,1-3H3,(H2,23,29). The van der Waals surface area contributed by atoms with E-state index in [1.165, 1.54) is 18.2 Å². The largest absolute Gasteiger partial charge is 0.467 e. The molecule has 1 unspecified atom stereocenters. The number of benzene rings is 1. The molecule has 3 heterocycles. The predicted molar refractivity (Wildman–Crippen MR) is 113 cm³/mol. The lowest BCUT2D eigenvalue weighted by molar-refractivity contribution is -0.143. The first-order valence-electron chi connectivity index (χ1n) is 9.95. The molecule has 2 amide bonds. The Hall–Kier alpha value is -3.75. The zero-order chi connectivity index (χ0) is 22.3. The maximum absolute atomic E-state index is 13.2. The number of nitrogens with zero attached hydrogens (tertiary/aromatic N) is 4. The van der Waals surface area contributed by atoms with Gasteiger partial charge >= 0.3 is 5.97 Å². The lowest BCUT2D eigenvalue weighted by atomic mass is 10.1. The number of nitrogens with two attached hydrogens (primary N) is 1. The first-order chi connectivity index (χ1) is 14.8. The van der Waals surface area contributed by atoms with Gasteiger partial charge in [-0.25, -0.2) is 14.3 Å². The lowest BCUT2D eigenvalue weighted by Gasteiger charge is -2.24. The van der Waals surface area contributed by atoms with Gasteiger partial charge in [-0.1, -0.05) is 18.2 Å². The molecule has 1 atom stereocenters. The van der Waals surface area contributed by atoms with Gasteiger partial charge in [-0.05, 0) is 37.5 Å². The summed E-state index contributed by atoms with van der Waals surface area (Å²) in [5.74, 6) is -1.20. The molecule has 4 rings (SSSR count). The topological polar surface area (TPSA) is 120 Å². The van der Waals surface area contributed by atoms with Gasteiger partial charge in [0.1, 0.15) is 11.6 Å². The van der Waals surface area contributed by atoms with Gasteiger partial charge in [0.05, 0.1) is 13.3 Å². The summed E-state index contributed by atoms with van der Waals surface area (Å²) in [5, 5.41) is 4.22. The van der Waals surface area contributed by atoms with Crippen molar-refractivity contribution in [2.45, 2.75) is 39.2 Å². The van der Waals surface area contributed by atoms with Gasteiger partial charge in [-0.3, -0.25) is 14.5 Å². The van der Waals surface area contributed by atoms with Crippen LogP contribution in [-0.4, -0.2) is 45.5 Å². The van der Waals surface area contributed by atoms with Gasteiger partial charge in [0, 0.05) is 29.9 Å². The van der Waals surface area contributed by atoms with Crippen molar-refractivity contribution in [3.8, 4) is 0 Å². The predicted octanol–water partition coefficient (Wildman–Crippen LogP) is 1.51. The fourth-order valence-corrected chi connectivity index (χ4v) is 4.22. The monoisotopic (exact) mass is 421 g/mol. The highest BCUT2D eigenvalue weighted by atomic mass is 16.5. The zero-order valence-corrected chi connectivity index (χ0v) is 17.6. The van der Waals surface area contributed by atoms with Crippen molar-refractivity contribution in [3.63, 3.8) is 0 Å². The first-order valence-corrected chi connectivity index (χ1v) is 9.95. The second-order valence-corrected chi connectivity index (χ2v) is 7.55. The van der Waals surface area contributed by atoms with E-state index in [-0.39, 0.29) is 17.9 Å². The number of amides is 2. The van der Waals surface area contributed by atoms with Crippen LogP contribution in [-0.2, 0) is 27.2 Å². The normalized spacial score (nSPS) is 15.2. The van der Waals surface area contributed by atoms with Crippen LogP contribution in [0.25, 0.3) is 5.65 Å². The van der Waals surface area contributed by atoms with Crippen LogP contribution in [0.4, 0.5) is 5.69 Å². The number of hydrogen-bond acceptors (Lipinski definition) is 6. The minimum Gasteiger partial charge on any atom is -0.467 e. The number of fused-ring (bicyclic) bond motifs is 2. The number of esters is 1. The van der Waals surface area contributed by atoms with Crippen molar-refractivity contribution >= 4 is 29.1 Å². The van der Waals surface area contributed by atoms with Gasteiger partial charge < -0.3 is 10.5 Å². The molecule has 0 bridgehead atoms. The molecule has 0 fully saturated rings. The number of carbonyl (C=O) groups is 3. The number of aryl methyl sites for hydroxylation is 2. The van der Waals surface area contributed by atoms with Crippen LogP contribution in [0.3, 0.4) is 0 Å². The molecule has 9 heteroatoms. The molecule has 0 aliphatic carbocycles. The van der Waals surface area contributed by atoms with Crippen LogP contribution in [0.15, 0.2) is 30.5 Å². The number of primary amides is 1. The Morgan fingerprint density at radius 2 is 1.97 bits per heavy atom. The summed E-state index contributed by atoms with van der Waals surface area (Å²) in [6.45, 7) is 3.69.